The number of halogens is 1. The Morgan fingerprint density at radius 3 is 2.59 bits per heavy atom. The zero-order valence-corrected chi connectivity index (χ0v) is 18.5. The number of carbonyl (C=O) groups is 1. The number of amides is 1. The molecule has 0 spiro atoms. The van der Waals surface area contributed by atoms with Crippen LogP contribution in [0.2, 0.25) is 0 Å². The third-order valence-electron chi connectivity index (χ3n) is 6.02. The van der Waals surface area contributed by atoms with Crippen LogP contribution in [0.5, 0.6) is 5.75 Å². The summed E-state index contributed by atoms with van der Waals surface area (Å²) >= 11 is 0. The van der Waals surface area contributed by atoms with Crippen LogP contribution >= 0.6 is 0 Å². The zero-order valence-electron chi connectivity index (χ0n) is 18.5. The van der Waals surface area contributed by atoms with Crippen molar-refractivity contribution in [2.75, 3.05) is 19.7 Å². The molecule has 0 saturated carbocycles. The highest BCUT2D eigenvalue weighted by Gasteiger charge is 2.32. The number of aryl methyl sites for hydroxylation is 1. The van der Waals surface area contributed by atoms with E-state index in [1.54, 1.807) is 30.3 Å². The Morgan fingerprint density at radius 2 is 1.84 bits per heavy atom. The van der Waals surface area contributed by atoms with Crippen LogP contribution in [0.4, 0.5) is 4.39 Å². The van der Waals surface area contributed by atoms with Crippen molar-refractivity contribution in [1.29, 1.82) is 0 Å². The SMILES string of the molecule is Cc1cc(=O)oc2ccc(OCC(=O)N3C[C@@H](C)N(Cc4ccc(F)cc4)C[C@@H]3C)cc12. The molecule has 2 heterocycles. The molecule has 0 N–H and O–H groups in total. The topological polar surface area (TPSA) is 63.0 Å². The predicted octanol–water partition coefficient (Wildman–Crippen LogP) is 3.74. The van der Waals surface area contributed by atoms with Gasteiger partial charge in [0.1, 0.15) is 17.1 Å². The minimum Gasteiger partial charge on any atom is -0.484 e. The van der Waals surface area contributed by atoms with E-state index in [2.05, 4.69) is 11.8 Å². The van der Waals surface area contributed by atoms with Gasteiger partial charge < -0.3 is 14.1 Å². The summed E-state index contributed by atoms with van der Waals surface area (Å²) in [6, 6.07) is 13.4. The smallest absolute Gasteiger partial charge is 0.336 e. The number of nitrogens with zero attached hydrogens (tertiary/aromatic N) is 2. The van der Waals surface area contributed by atoms with Crippen molar-refractivity contribution in [3.63, 3.8) is 0 Å². The largest absolute Gasteiger partial charge is 0.484 e. The molecule has 1 aliphatic rings. The van der Waals surface area contributed by atoms with Crippen molar-refractivity contribution < 1.29 is 18.3 Å². The Bertz CT molecular complexity index is 1170. The van der Waals surface area contributed by atoms with E-state index >= 15 is 0 Å². The van der Waals surface area contributed by atoms with Gasteiger partial charge in [0.15, 0.2) is 6.61 Å². The maximum atomic E-state index is 13.2. The lowest BCUT2D eigenvalue weighted by atomic mass is 10.1. The molecule has 1 saturated heterocycles. The maximum absolute atomic E-state index is 13.2. The van der Waals surface area contributed by atoms with E-state index in [4.69, 9.17) is 9.15 Å². The van der Waals surface area contributed by atoms with Gasteiger partial charge in [-0.25, -0.2) is 9.18 Å². The van der Waals surface area contributed by atoms with Crippen LogP contribution < -0.4 is 10.4 Å². The molecule has 0 aliphatic carbocycles. The van der Waals surface area contributed by atoms with Gasteiger partial charge >= 0.3 is 5.63 Å². The minimum absolute atomic E-state index is 0.0378. The summed E-state index contributed by atoms with van der Waals surface area (Å²) < 4.78 is 24.1. The first-order chi connectivity index (χ1) is 15.3. The van der Waals surface area contributed by atoms with Crippen LogP contribution in [-0.4, -0.2) is 47.5 Å². The van der Waals surface area contributed by atoms with Crippen LogP contribution in [0.3, 0.4) is 0 Å². The fourth-order valence-electron chi connectivity index (χ4n) is 4.21. The average Bonchev–Trinajstić information content (AvgIpc) is 2.76. The normalized spacial score (nSPS) is 19.3. The van der Waals surface area contributed by atoms with Gasteiger partial charge in [-0.15, -0.1) is 0 Å². The lowest BCUT2D eigenvalue weighted by Gasteiger charge is -2.44. The Labute approximate surface area is 186 Å². The maximum Gasteiger partial charge on any atom is 0.336 e. The molecular weight excluding hydrogens is 411 g/mol. The molecule has 32 heavy (non-hydrogen) atoms. The molecule has 7 heteroatoms. The number of fused-ring (bicyclic) bond motifs is 1. The molecule has 1 aromatic heterocycles. The monoisotopic (exact) mass is 438 g/mol. The standard InChI is InChI=1S/C25H27FN2O4/c1-16-10-25(30)32-23-9-8-21(11-22(16)23)31-15-24(29)28-13-17(2)27(12-18(28)3)14-19-4-6-20(26)7-5-19/h4-11,17-18H,12-15H2,1-3H3/t17-,18+/m1/s1. The van der Waals surface area contributed by atoms with Crippen molar-refractivity contribution >= 4 is 16.9 Å². The third kappa shape index (κ3) is 4.83. The molecule has 1 aliphatic heterocycles. The minimum atomic E-state index is -0.388. The van der Waals surface area contributed by atoms with Gasteiger partial charge in [0.2, 0.25) is 0 Å². The summed E-state index contributed by atoms with van der Waals surface area (Å²) in [6.45, 7) is 7.96. The first kappa shape index (κ1) is 22.0. The number of carbonyl (C=O) groups excluding carboxylic acids is 1. The molecule has 0 unspecified atom stereocenters. The van der Waals surface area contributed by atoms with Gasteiger partial charge in [0.05, 0.1) is 0 Å². The van der Waals surface area contributed by atoms with Gasteiger partial charge in [-0.1, -0.05) is 12.1 Å². The van der Waals surface area contributed by atoms with E-state index in [1.807, 2.05) is 18.7 Å². The quantitative estimate of drug-likeness (QED) is 0.568. The number of benzene rings is 2. The third-order valence-corrected chi connectivity index (χ3v) is 6.02. The number of ether oxygens (including phenoxy) is 1. The summed E-state index contributed by atoms with van der Waals surface area (Å²) in [7, 11) is 0. The molecule has 1 fully saturated rings. The van der Waals surface area contributed by atoms with Crippen LogP contribution in [0, 0.1) is 12.7 Å². The molecule has 6 nitrogen and oxygen atoms in total. The van der Waals surface area contributed by atoms with Crippen molar-refractivity contribution in [3.8, 4) is 5.75 Å². The Balaban J connectivity index is 1.37. The van der Waals surface area contributed by atoms with E-state index in [0.717, 1.165) is 29.6 Å². The highest BCUT2D eigenvalue weighted by Crippen LogP contribution is 2.23. The van der Waals surface area contributed by atoms with Crippen LogP contribution in [0.15, 0.2) is 57.7 Å². The van der Waals surface area contributed by atoms with E-state index in [-0.39, 0.29) is 36.0 Å². The molecule has 168 valence electrons. The van der Waals surface area contributed by atoms with Crippen LogP contribution in [0.25, 0.3) is 11.0 Å². The fourth-order valence-corrected chi connectivity index (χ4v) is 4.21. The number of hydrogen-bond donors (Lipinski definition) is 0. The Hall–Kier alpha value is -3.19. The summed E-state index contributed by atoms with van der Waals surface area (Å²) in [6.07, 6.45) is 0. The molecular formula is C25H27FN2O4. The van der Waals surface area contributed by atoms with E-state index < -0.39 is 0 Å². The predicted molar refractivity (Wildman–Crippen MR) is 120 cm³/mol. The fraction of sp³-hybridized carbons (Fsp3) is 0.360. The first-order valence-corrected chi connectivity index (χ1v) is 10.8. The highest BCUT2D eigenvalue weighted by molar-refractivity contribution is 5.82. The first-order valence-electron chi connectivity index (χ1n) is 10.8. The zero-order chi connectivity index (χ0) is 22.8. The summed E-state index contributed by atoms with van der Waals surface area (Å²) in [5.41, 5.74) is 1.96. The molecule has 1 amide bonds. The highest BCUT2D eigenvalue weighted by atomic mass is 19.1. The van der Waals surface area contributed by atoms with Gasteiger partial charge in [-0.05, 0) is 62.2 Å². The number of rotatable bonds is 5. The van der Waals surface area contributed by atoms with Crippen LogP contribution in [0.1, 0.15) is 25.0 Å². The lowest BCUT2D eigenvalue weighted by molar-refractivity contribution is -0.139. The molecule has 0 bridgehead atoms. The molecule has 2 atom stereocenters. The number of hydrogen-bond acceptors (Lipinski definition) is 5. The molecule has 0 radical (unpaired) electrons. The summed E-state index contributed by atoms with van der Waals surface area (Å²) in [5, 5.41) is 0.783. The Kier molecular flexibility index (Phi) is 6.28. The van der Waals surface area contributed by atoms with Crippen LogP contribution in [-0.2, 0) is 11.3 Å². The second kappa shape index (κ2) is 9.12. The van der Waals surface area contributed by atoms with E-state index in [0.29, 0.717) is 17.9 Å². The van der Waals surface area contributed by atoms with Gasteiger partial charge in [-0.3, -0.25) is 9.69 Å². The van der Waals surface area contributed by atoms with Crippen molar-refractivity contribution in [3.05, 3.63) is 75.9 Å². The number of piperazine rings is 1. The second-order valence-corrected chi connectivity index (χ2v) is 8.50. The van der Waals surface area contributed by atoms with Crippen molar-refractivity contribution in [2.45, 2.75) is 39.4 Å². The average molecular weight is 438 g/mol. The van der Waals surface area contributed by atoms with Gasteiger partial charge in [0.25, 0.3) is 5.91 Å². The Morgan fingerprint density at radius 1 is 1.09 bits per heavy atom. The van der Waals surface area contributed by atoms with Crippen molar-refractivity contribution in [1.82, 2.24) is 9.80 Å². The molecule has 4 rings (SSSR count). The second-order valence-electron chi connectivity index (χ2n) is 8.50. The lowest BCUT2D eigenvalue weighted by Crippen LogP contribution is -2.58. The molecule has 2 aromatic carbocycles. The summed E-state index contributed by atoms with van der Waals surface area (Å²) in [4.78, 5) is 28.6. The molecule has 3 aromatic rings. The summed E-state index contributed by atoms with van der Waals surface area (Å²) in [5.74, 6) is 0.248. The van der Waals surface area contributed by atoms with Gasteiger partial charge in [0, 0.05) is 43.2 Å². The van der Waals surface area contributed by atoms with Crippen molar-refractivity contribution in [2.24, 2.45) is 0 Å². The van der Waals surface area contributed by atoms with E-state index in [1.165, 1.54) is 18.2 Å². The van der Waals surface area contributed by atoms with Gasteiger partial charge in [-0.2, -0.15) is 0 Å². The van der Waals surface area contributed by atoms with E-state index in [9.17, 15) is 14.0 Å².